The molecule has 0 aromatic heterocycles. The van der Waals surface area contributed by atoms with Crippen molar-refractivity contribution in [2.75, 3.05) is 33.4 Å². The monoisotopic (exact) mass is 264 g/mol. The average molecular weight is 264 g/mol. The topological polar surface area (TPSA) is 67.4 Å². The van der Waals surface area contributed by atoms with Crippen molar-refractivity contribution in [2.45, 2.75) is 31.9 Å². The van der Waals surface area contributed by atoms with Crippen molar-refractivity contribution in [2.24, 2.45) is 5.41 Å². The molecule has 0 aromatic rings. The summed E-state index contributed by atoms with van der Waals surface area (Å²) in [5, 5.41) is 2.48. The van der Waals surface area contributed by atoms with Crippen molar-refractivity contribution in [1.82, 2.24) is 10.0 Å². The molecule has 1 fully saturated rings. The Hall–Kier alpha value is -0.170. The summed E-state index contributed by atoms with van der Waals surface area (Å²) in [5.41, 5.74) is 0.0324. The number of nitrogens with one attached hydrogen (secondary N) is 2. The van der Waals surface area contributed by atoms with Crippen LogP contribution < -0.4 is 10.0 Å². The third-order valence-electron chi connectivity index (χ3n) is 3.42. The van der Waals surface area contributed by atoms with E-state index in [2.05, 4.69) is 17.0 Å². The summed E-state index contributed by atoms with van der Waals surface area (Å²) in [5.74, 6) is 0. The van der Waals surface area contributed by atoms with Crippen LogP contribution in [0.2, 0.25) is 0 Å². The zero-order chi connectivity index (χ0) is 12.9. The van der Waals surface area contributed by atoms with Gasteiger partial charge < -0.3 is 10.1 Å². The molecule has 1 heterocycles. The predicted molar refractivity (Wildman–Crippen MR) is 68.5 cm³/mol. The molecular formula is C11H24N2O3S. The first-order valence-electron chi connectivity index (χ1n) is 6.10. The fourth-order valence-electron chi connectivity index (χ4n) is 1.86. The normalized spacial score (nSPS) is 22.3. The maximum Gasteiger partial charge on any atom is 0.215 e. The summed E-state index contributed by atoms with van der Waals surface area (Å²) < 4.78 is 31.9. The summed E-state index contributed by atoms with van der Waals surface area (Å²) in [6, 6.07) is 0. The van der Waals surface area contributed by atoms with Gasteiger partial charge in [0.2, 0.25) is 10.0 Å². The molecule has 2 N–H and O–H groups in total. The molecule has 1 aliphatic rings. The molecule has 0 spiro atoms. The Balaban J connectivity index is 2.48. The van der Waals surface area contributed by atoms with Gasteiger partial charge >= 0.3 is 0 Å². The summed E-state index contributed by atoms with van der Waals surface area (Å²) in [6.07, 6.45) is 1.83. The van der Waals surface area contributed by atoms with Crippen LogP contribution in [0.1, 0.15) is 26.7 Å². The standard InChI is InChI=1S/C11H24N2O3S/c1-10(8-12-3)17(14,15)13-9-11(2)4-6-16-7-5-11/h10,12-13H,4-9H2,1-3H3. The minimum absolute atomic E-state index is 0.0324. The molecule has 0 aliphatic carbocycles. The Bertz CT molecular complexity index is 324. The van der Waals surface area contributed by atoms with E-state index in [1.807, 2.05) is 0 Å². The molecule has 1 saturated heterocycles. The molecule has 102 valence electrons. The Labute approximate surface area is 104 Å². The molecule has 0 bridgehead atoms. The van der Waals surface area contributed by atoms with Gasteiger partial charge in [-0.05, 0) is 32.2 Å². The largest absolute Gasteiger partial charge is 0.381 e. The Morgan fingerprint density at radius 3 is 2.47 bits per heavy atom. The lowest BCUT2D eigenvalue weighted by Gasteiger charge is -2.33. The lowest BCUT2D eigenvalue weighted by Crippen LogP contribution is -2.44. The highest BCUT2D eigenvalue weighted by atomic mass is 32.2. The molecule has 6 heteroatoms. The first-order chi connectivity index (χ1) is 7.90. The van der Waals surface area contributed by atoms with Crippen molar-refractivity contribution in [3.8, 4) is 0 Å². The van der Waals surface area contributed by atoms with E-state index in [0.29, 0.717) is 13.1 Å². The quantitative estimate of drug-likeness (QED) is 0.725. The van der Waals surface area contributed by atoms with Crippen molar-refractivity contribution in [3.05, 3.63) is 0 Å². The van der Waals surface area contributed by atoms with Crippen LogP contribution in [0.4, 0.5) is 0 Å². The maximum absolute atomic E-state index is 11.9. The van der Waals surface area contributed by atoms with Gasteiger partial charge in [-0.15, -0.1) is 0 Å². The van der Waals surface area contributed by atoms with Crippen LogP contribution in [0, 0.1) is 5.41 Å². The smallest absolute Gasteiger partial charge is 0.215 e. The summed E-state index contributed by atoms with van der Waals surface area (Å²) in [4.78, 5) is 0. The van der Waals surface area contributed by atoms with Crippen molar-refractivity contribution >= 4 is 10.0 Å². The molecule has 1 aliphatic heterocycles. The molecular weight excluding hydrogens is 240 g/mol. The summed E-state index contributed by atoms with van der Waals surface area (Å²) in [6.45, 7) is 6.25. The van der Waals surface area contributed by atoms with Crippen LogP contribution in [0.5, 0.6) is 0 Å². The molecule has 5 nitrogen and oxygen atoms in total. The molecule has 0 saturated carbocycles. The van der Waals surface area contributed by atoms with Crippen molar-refractivity contribution < 1.29 is 13.2 Å². The van der Waals surface area contributed by atoms with E-state index < -0.39 is 15.3 Å². The van der Waals surface area contributed by atoms with Gasteiger partial charge in [0.25, 0.3) is 0 Å². The number of hydrogen-bond acceptors (Lipinski definition) is 4. The number of hydrogen-bond donors (Lipinski definition) is 2. The average Bonchev–Trinajstić information content (AvgIpc) is 2.28. The van der Waals surface area contributed by atoms with Crippen molar-refractivity contribution in [1.29, 1.82) is 0 Å². The third kappa shape index (κ3) is 4.54. The fraction of sp³-hybridized carbons (Fsp3) is 1.00. The van der Waals surface area contributed by atoms with Gasteiger partial charge in [0.15, 0.2) is 0 Å². The van der Waals surface area contributed by atoms with Gasteiger partial charge in [-0.1, -0.05) is 6.92 Å². The van der Waals surface area contributed by atoms with Crippen LogP contribution >= 0.6 is 0 Å². The van der Waals surface area contributed by atoms with E-state index in [4.69, 9.17) is 4.74 Å². The van der Waals surface area contributed by atoms with Gasteiger partial charge in [-0.2, -0.15) is 0 Å². The molecule has 1 unspecified atom stereocenters. The van der Waals surface area contributed by atoms with Crippen molar-refractivity contribution in [3.63, 3.8) is 0 Å². The maximum atomic E-state index is 11.9. The van der Waals surface area contributed by atoms with Crippen LogP contribution in [-0.2, 0) is 14.8 Å². The van der Waals surface area contributed by atoms with E-state index in [1.54, 1.807) is 14.0 Å². The predicted octanol–water partition coefficient (Wildman–Crippen LogP) is 0.330. The molecule has 17 heavy (non-hydrogen) atoms. The second kappa shape index (κ2) is 6.13. The van der Waals surface area contributed by atoms with Gasteiger partial charge in [-0.3, -0.25) is 0 Å². The lowest BCUT2D eigenvalue weighted by atomic mass is 9.83. The minimum atomic E-state index is -3.21. The second-order valence-corrected chi connectivity index (χ2v) is 7.34. The number of sulfonamides is 1. The first kappa shape index (κ1) is 14.9. The molecule has 0 amide bonds. The highest BCUT2D eigenvalue weighted by Gasteiger charge is 2.30. The molecule has 0 radical (unpaired) electrons. The van der Waals surface area contributed by atoms with Crippen LogP contribution in [-0.4, -0.2) is 47.0 Å². The molecule has 1 rings (SSSR count). The van der Waals surface area contributed by atoms with E-state index in [1.165, 1.54) is 0 Å². The summed E-state index contributed by atoms with van der Waals surface area (Å²) >= 11 is 0. The van der Waals surface area contributed by atoms with Gasteiger partial charge in [0.1, 0.15) is 0 Å². The van der Waals surface area contributed by atoms with Crippen LogP contribution in [0.3, 0.4) is 0 Å². The van der Waals surface area contributed by atoms with Crippen LogP contribution in [0.25, 0.3) is 0 Å². The highest BCUT2D eigenvalue weighted by molar-refractivity contribution is 7.90. The second-order valence-electron chi connectivity index (χ2n) is 5.16. The van der Waals surface area contributed by atoms with Crippen LogP contribution in [0.15, 0.2) is 0 Å². The Kier molecular flexibility index (Phi) is 5.37. The number of rotatable bonds is 6. The fourth-order valence-corrected chi connectivity index (χ4v) is 3.08. The Morgan fingerprint density at radius 2 is 1.94 bits per heavy atom. The zero-order valence-electron chi connectivity index (χ0n) is 11.0. The molecule has 0 aromatic carbocycles. The highest BCUT2D eigenvalue weighted by Crippen LogP contribution is 2.28. The minimum Gasteiger partial charge on any atom is -0.381 e. The first-order valence-corrected chi connectivity index (χ1v) is 7.65. The van der Waals surface area contributed by atoms with Gasteiger partial charge in [0.05, 0.1) is 5.25 Å². The van der Waals surface area contributed by atoms with E-state index in [9.17, 15) is 8.42 Å². The summed E-state index contributed by atoms with van der Waals surface area (Å²) in [7, 11) is -1.46. The Morgan fingerprint density at radius 1 is 1.35 bits per heavy atom. The SMILES string of the molecule is CNCC(C)S(=O)(=O)NCC1(C)CCOCC1. The molecule has 1 atom stereocenters. The number of ether oxygens (including phenoxy) is 1. The van der Waals surface area contributed by atoms with E-state index in [-0.39, 0.29) is 5.41 Å². The van der Waals surface area contributed by atoms with E-state index >= 15 is 0 Å². The lowest BCUT2D eigenvalue weighted by molar-refractivity contribution is 0.0264. The van der Waals surface area contributed by atoms with E-state index in [0.717, 1.165) is 26.1 Å². The third-order valence-corrected chi connectivity index (χ3v) is 5.19. The zero-order valence-corrected chi connectivity index (χ0v) is 11.8. The van der Waals surface area contributed by atoms with Gasteiger partial charge in [-0.25, -0.2) is 13.1 Å². The van der Waals surface area contributed by atoms with Gasteiger partial charge in [0, 0.05) is 26.3 Å².